The topological polar surface area (TPSA) is 58.1 Å². The lowest BCUT2D eigenvalue weighted by Gasteiger charge is -2.21. The van der Waals surface area contributed by atoms with Gasteiger partial charge in [0.25, 0.3) is 0 Å². The Morgan fingerprint density at radius 1 is 1.29 bits per heavy atom. The van der Waals surface area contributed by atoms with Crippen molar-refractivity contribution in [2.45, 2.75) is 45.3 Å². The van der Waals surface area contributed by atoms with Crippen LogP contribution in [0.5, 0.6) is 0 Å². The lowest BCUT2D eigenvalue weighted by atomic mass is 10.1. The predicted octanol–water partition coefficient (Wildman–Crippen LogP) is 3.36. The van der Waals surface area contributed by atoms with Crippen LogP contribution in [-0.2, 0) is 13.1 Å². The molecular formula is C19H22N4O. The maximum atomic E-state index is 12.5. The summed E-state index contributed by atoms with van der Waals surface area (Å²) in [7, 11) is 0. The highest BCUT2D eigenvalue weighted by Gasteiger charge is 2.33. The number of amides is 2. The third-order valence-corrected chi connectivity index (χ3v) is 4.91. The van der Waals surface area contributed by atoms with Gasteiger partial charge in [-0.3, -0.25) is 0 Å². The normalized spacial score (nSPS) is 17.5. The largest absolute Gasteiger partial charge is 0.335 e. The first kappa shape index (κ1) is 15.1. The summed E-state index contributed by atoms with van der Waals surface area (Å²) in [5.74, 6) is 1.40. The van der Waals surface area contributed by atoms with E-state index in [2.05, 4.69) is 22.2 Å². The highest BCUT2D eigenvalue weighted by Crippen LogP contribution is 2.34. The Balaban J connectivity index is 1.46. The number of benzene rings is 1. The molecule has 1 atom stereocenters. The highest BCUT2D eigenvalue weighted by molar-refractivity contribution is 5.75. The second-order valence-corrected chi connectivity index (χ2v) is 6.69. The van der Waals surface area contributed by atoms with E-state index in [1.165, 1.54) is 12.8 Å². The van der Waals surface area contributed by atoms with E-state index in [1.54, 1.807) is 0 Å². The quantitative estimate of drug-likeness (QED) is 0.939. The van der Waals surface area contributed by atoms with Crippen LogP contribution in [-0.4, -0.2) is 26.9 Å². The molecule has 0 saturated heterocycles. The number of urea groups is 1. The maximum Gasteiger partial charge on any atom is 0.318 e. The standard InChI is InChI=1S/C19H22N4O/c1-2-16(13-8-9-13)22-19(24)23-11-15-10-20-18(21-17(15)12-23)14-6-4-3-5-7-14/h3-7,10,13,16H,2,8-9,11-12H2,1H3,(H,22,24)/t16-/m1/s1. The van der Waals surface area contributed by atoms with Gasteiger partial charge in [0.1, 0.15) is 0 Å². The molecule has 0 bridgehead atoms. The van der Waals surface area contributed by atoms with Gasteiger partial charge in [-0.1, -0.05) is 37.3 Å². The Morgan fingerprint density at radius 2 is 2.08 bits per heavy atom. The monoisotopic (exact) mass is 322 g/mol. The van der Waals surface area contributed by atoms with Crippen molar-refractivity contribution in [2.24, 2.45) is 5.92 Å². The zero-order valence-corrected chi connectivity index (χ0v) is 13.9. The van der Waals surface area contributed by atoms with E-state index in [4.69, 9.17) is 0 Å². The molecule has 1 aromatic heterocycles. The third kappa shape index (κ3) is 2.98. The van der Waals surface area contributed by atoms with Crippen LogP contribution in [0.25, 0.3) is 11.4 Å². The van der Waals surface area contributed by atoms with Crippen LogP contribution >= 0.6 is 0 Å². The molecule has 1 aliphatic heterocycles. The van der Waals surface area contributed by atoms with E-state index in [9.17, 15) is 4.79 Å². The lowest BCUT2D eigenvalue weighted by Crippen LogP contribution is -2.43. The summed E-state index contributed by atoms with van der Waals surface area (Å²) >= 11 is 0. The van der Waals surface area contributed by atoms with Gasteiger partial charge in [-0.2, -0.15) is 0 Å². The van der Waals surface area contributed by atoms with Crippen LogP contribution in [0.2, 0.25) is 0 Å². The number of nitrogens with zero attached hydrogens (tertiary/aromatic N) is 3. The minimum atomic E-state index is 0.0213. The average Bonchev–Trinajstić information content (AvgIpc) is 3.37. The zero-order chi connectivity index (χ0) is 16.5. The Bertz CT molecular complexity index is 742. The van der Waals surface area contributed by atoms with Crippen LogP contribution in [0.15, 0.2) is 36.5 Å². The molecule has 1 N–H and O–H groups in total. The Kier molecular flexibility index (Phi) is 3.92. The number of hydrogen-bond donors (Lipinski definition) is 1. The van der Waals surface area contributed by atoms with E-state index in [1.807, 2.05) is 41.4 Å². The number of nitrogens with one attached hydrogen (secondary N) is 1. The van der Waals surface area contributed by atoms with Crippen molar-refractivity contribution in [3.63, 3.8) is 0 Å². The van der Waals surface area contributed by atoms with Gasteiger partial charge in [-0.25, -0.2) is 14.8 Å². The molecule has 5 heteroatoms. The van der Waals surface area contributed by atoms with Crippen molar-refractivity contribution in [2.75, 3.05) is 0 Å². The number of aromatic nitrogens is 2. The fourth-order valence-electron chi connectivity index (χ4n) is 3.33. The first-order valence-electron chi connectivity index (χ1n) is 8.70. The fraction of sp³-hybridized carbons (Fsp3) is 0.421. The number of carbonyl (C=O) groups excluding carboxylic acids is 1. The van der Waals surface area contributed by atoms with Gasteiger partial charge in [-0.05, 0) is 25.2 Å². The summed E-state index contributed by atoms with van der Waals surface area (Å²) in [6.45, 7) is 3.29. The van der Waals surface area contributed by atoms with Crippen LogP contribution < -0.4 is 5.32 Å². The predicted molar refractivity (Wildman–Crippen MR) is 92.0 cm³/mol. The van der Waals surface area contributed by atoms with E-state index >= 15 is 0 Å². The maximum absolute atomic E-state index is 12.5. The molecule has 1 aromatic carbocycles. The minimum absolute atomic E-state index is 0.0213. The molecule has 2 aliphatic rings. The third-order valence-electron chi connectivity index (χ3n) is 4.91. The van der Waals surface area contributed by atoms with Crippen LogP contribution in [0.1, 0.15) is 37.4 Å². The van der Waals surface area contributed by atoms with Gasteiger partial charge >= 0.3 is 6.03 Å². The van der Waals surface area contributed by atoms with Gasteiger partial charge in [0.15, 0.2) is 5.82 Å². The number of rotatable bonds is 4. The Labute approximate surface area is 142 Å². The molecule has 124 valence electrons. The van der Waals surface area contributed by atoms with Crippen molar-refractivity contribution in [1.82, 2.24) is 20.2 Å². The van der Waals surface area contributed by atoms with E-state index in [-0.39, 0.29) is 6.03 Å². The molecule has 4 rings (SSSR count). The summed E-state index contributed by atoms with van der Waals surface area (Å²) in [5, 5.41) is 3.19. The molecule has 2 amide bonds. The van der Waals surface area contributed by atoms with Crippen molar-refractivity contribution < 1.29 is 4.79 Å². The molecule has 5 nitrogen and oxygen atoms in total. The number of fused-ring (bicyclic) bond motifs is 1. The van der Waals surface area contributed by atoms with Gasteiger partial charge in [0.2, 0.25) is 0 Å². The van der Waals surface area contributed by atoms with Crippen molar-refractivity contribution in [1.29, 1.82) is 0 Å². The smallest absolute Gasteiger partial charge is 0.318 e. The molecule has 2 aromatic rings. The molecular weight excluding hydrogens is 300 g/mol. The first-order valence-corrected chi connectivity index (χ1v) is 8.70. The molecule has 2 heterocycles. The van der Waals surface area contributed by atoms with Crippen LogP contribution in [0.4, 0.5) is 4.79 Å². The second kappa shape index (κ2) is 6.23. The molecule has 1 aliphatic carbocycles. The van der Waals surface area contributed by atoms with Crippen molar-refractivity contribution in [3.8, 4) is 11.4 Å². The van der Waals surface area contributed by atoms with Crippen molar-refractivity contribution >= 4 is 6.03 Å². The molecule has 1 saturated carbocycles. The Hall–Kier alpha value is -2.43. The minimum Gasteiger partial charge on any atom is -0.335 e. The fourth-order valence-corrected chi connectivity index (χ4v) is 3.33. The van der Waals surface area contributed by atoms with Gasteiger partial charge in [0, 0.05) is 23.4 Å². The molecule has 0 spiro atoms. The van der Waals surface area contributed by atoms with E-state index in [0.717, 1.165) is 29.1 Å². The summed E-state index contributed by atoms with van der Waals surface area (Å²) in [6, 6.07) is 10.3. The number of carbonyl (C=O) groups is 1. The van der Waals surface area contributed by atoms with Crippen LogP contribution in [0, 0.1) is 5.92 Å². The number of hydrogen-bond acceptors (Lipinski definition) is 3. The van der Waals surface area contributed by atoms with Gasteiger partial charge in [0.05, 0.1) is 18.8 Å². The SMILES string of the molecule is CC[C@@H](NC(=O)N1Cc2cnc(-c3ccccc3)nc2C1)C1CC1. The molecule has 1 fully saturated rings. The summed E-state index contributed by atoms with van der Waals surface area (Å²) in [5.41, 5.74) is 3.01. The summed E-state index contributed by atoms with van der Waals surface area (Å²) in [4.78, 5) is 23.5. The van der Waals surface area contributed by atoms with Crippen molar-refractivity contribution in [3.05, 3.63) is 47.8 Å². The van der Waals surface area contributed by atoms with Gasteiger partial charge in [-0.15, -0.1) is 0 Å². The first-order chi connectivity index (χ1) is 11.7. The molecule has 0 unspecified atom stereocenters. The zero-order valence-electron chi connectivity index (χ0n) is 13.9. The summed E-state index contributed by atoms with van der Waals surface area (Å²) in [6.07, 6.45) is 5.33. The Morgan fingerprint density at radius 3 is 2.79 bits per heavy atom. The highest BCUT2D eigenvalue weighted by atomic mass is 16.2. The summed E-state index contributed by atoms with van der Waals surface area (Å²) < 4.78 is 0. The van der Waals surface area contributed by atoms with Gasteiger partial charge < -0.3 is 10.2 Å². The second-order valence-electron chi connectivity index (χ2n) is 6.69. The van der Waals surface area contributed by atoms with E-state index < -0.39 is 0 Å². The molecule has 0 radical (unpaired) electrons. The lowest BCUT2D eigenvalue weighted by molar-refractivity contribution is 0.192. The average molecular weight is 322 g/mol. The van der Waals surface area contributed by atoms with E-state index in [0.29, 0.717) is 25.0 Å². The molecule has 24 heavy (non-hydrogen) atoms. The van der Waals surface area contributed by atoms with Crippen LogP contribution in [0.3, 0.4) is 0 Å².